The lowest BCUT2D eigenvalue weighted by Gasteiger charge is -2.21. The molecule has 1 aromatic carbocycles. The summed E-state index contributed by atoms with van der Waals surface area (Å²) in [5, 5.41) is 0. The molecule has 1 fully saturated rings. The Hall–Kier alpha value is -1.40. The molecule has 0 aromatic heterocycles. The molecule has 1 aliphatic heterocycles. The van der Waals surface area contributed by atoms with Gasteiger partial charge < -0.3 is 4.90 Å². The zero-order valence-electron chi connectivity index (χ0n) is 15.4. The second kappa shape index (κ2) is 9.18. The Labute approximate surface area is 146 Å². The molecule has 0 saturated carbocycles. The number of rotatable bonds is 3. The summed E-state index contributed by atoms with van der Waals surface area (Å²) < 4.78 is 26.9. The van der Waals surface area contributed by atoms with Crippen LogP contribution in [0.5, 0.6) is 0 Å². The minimum atomic E-state index is -3.48. The minimum absolute atomic E-state index is 0.000495. The normalized spacial score (nSPS) is 16.3. The van der Waals surface area contributed by atoms with E-state index in [1.54, 1.807) is 17.0 Å². The van der Waals surface area contributed by atoms with Gasteiger partial charge in [0.1, 0.15) is 0 Å². The highest BCUT2D eigenvalue weighted by atomic mass is 32.2. The summed E-state index contributed by atoms with van der Waals surface area (Å²) in [5.74, 6) is 0.375. The highest BCUT2D eigenvalue weighted by molar-refractivity contribution is 7.89. The van der Waals surface area contributed by atoms with Crippen molar-refractivity contribution in [1.82, 2.24) is 9.21 Å². The maximum absolute atomic E-state index is 12.7. The molecule has 5 nitrogen and oxygen atoms in total. The predicted molar refractivity (Wildman–Crippen MR) is 97.5 cm³/mol. The van der Waals surface area contributed by atoms with E-state index in [1.165, 1.54) is 11.2 Å². The largest absolute Gasteiger partial charge is 0.342 e. The SMILES string of the molecule is CC.CC(=O)N1CCCN(S(=O)(=O)c2ccc(C(C)C)cc2)CC1. The Morgan fingerprint density at radius 1 is 1.00 bits per heavy atom. The van der Waals surface area contributed by atoms with Gasteiger partial charge in [0.2, 0.25) is 15.9 Å². The Balaban J connectivity index is 0.00000139. The van der Waals surface area contributed by atoms with E-state index in [4.69, 9.17) is 0 Å². The average molecular weight is 355 g/mol. The van der Waals surface area contributed by atoms with Gasteiger partial charge in [-0.05, 0) is 30.0 Å². The summed E-state index contributed by atoms with van der Waals surface area (Å²) in [5.41, 5.74) is 1.12. The van der Waals surface area contributed by atoms with Gasteiger partial charge in [-0.3, -0.25) is 4.79 Å². The van der Waals surface area contributed by atoms with Crippen molar-refractivity contribution < 1.29 is 13.2 Å². The van der Waals surface area contributed by atoms with E-state index in [0.717, 1.165) is 5.56 Å². The van der Waals surface area contributed by atoms with Crippen molar-refractivity contribution in [3.05, 3.63) is 29.8 Å². The third kappa shape index (κ3) is 5.05. The summed E-state index contributed by atoms with van der Waals surface area (Å²) in [6.07, 6.45) is 0.670. The maximum Gasteiger partial charge on any atom is 0.243 e. The summed E-state index contributed by atoms with van der Waals surface area (Å²) in [4.78, 5) is 13.5. The number of benzene rings is 1. The van der Waals surface area contributed by atoms with Crippen molar-refractivity contribution in [2.45, 2.75) is 51.9 Å². The number of nitrogens with zero attached hydrogens (tertiary/aromatic N) is 2. The van der Waals surface area contributed by atoms with Crippen LogP contribution in [0.25, 0.3) is 0 Å². The van der Waals surface area contributed by atoms with Gasteiger partial charge >= 0.3 is 0 Å². The average Bonchev–Trinajstić information content (AvgIpc) is 2.83. The van der Waals surface area contributed by atoms with E-state index in [1.807, 2.05) is 26.0 Å². The lowest BCUT2D eigenvalue weighted by atomic mass is 10.0. The van der Waals surface area contributed by atoms with Gasteiger partial charge in [-0.2, -0.15) is 4.31 Å². The highest BCUT2D eigenvalue weighted by Crippen LogP contribution is 2.21. The first-order valence-corrected chi connectivity index (χ1v) is 10.1. The smallest absolute Gasteiger partial charge is 0.243 e. The molecule has 1 amide bonds. The number of carbonyl (C=O) groups excluding carboxylic acids is 1. The molecule has 6 heteroatoms. The molecule has 0 radical (unpaired) electrons. The summed E-state index contributed by atoms with van der Waals surface area (Å²) in [6, 6.07) is 7.10. The summed E-state index contributed by atoms with van der Waals surface area (Å²) in [7, 11) is -3.48. The molecule has 1 saturated heterocycles. The number of amides is 1. The first kappa shape index (κ1) is 20.6. The van der Waals surface area contributed by atoms with Crippen LogP contribution in [0.3, 0.4) is 0 Å². The molecule has 1 heterocycles. The van der Waals surface area contributed by atoms with Crippen LogP contribution in [-0.2, 0) is 14.8 Å². The van der Waals surface area contributed by atoms with Gasteiger partial charge in [-0.15, -0.1) is 0 Å². The Morgan fingerprint density at radius 3 is 2.08 bits per heavy atom. The van der Waals surface area contributed by atoms with Crippen molar-refractivity contribution in [1.29, 1.82) is 0 Å². The van der Waals surface area contributed by atoms with Crippen LogP contribution in [0.2, 0.25) is 0 Å². The predicted octanol–water partition coefficient (Wildman–Crippen LogP) is 3.08. The molecular formula is C18H30N2O3S. The van der Waals surface area contributed by atoms with Crippen molar-refractivity contribution in [2.75, 3.05) is 26.2 Å². The van der Waals surface area contributed by atoms with E-state index in [0.29, 0.717) is 43.4 Å². The van der Waals surface area contributed by atoms with E-state index < -0.39 is 10.0 Å². The van der Waals surface area contributed by atoms with Crippen LogP contribution in [0.1, 0.15) is 52.5 Å². The molecule has 2 rings (SSSR count). The Kier molecular flexibility index (Phi) is 7.90. The molecule has 0 spiro atoms. The van der Waals surface area contributed by atoms with E-state index in [-0.39, 0.29) is 5.91 Å². The van der Waals surface area contributed by atoms with Crippen molar-refractivity contribution in [2.24, 2.45) is 0 Å². The number of carbonyl (C=O) groups is 1. The lowest BCUT2D eigenvalue weighted by molar-refractivity contribution is -0.128. The number of hydrogen-bond acceptors (Lipinski definition) is 3. The Morgan fingerprint density at radius 2 is 1.58 bits per heavy atom. The molecule has 0 aliphatic carbocycles. The Bertz CT molecular complexity index is 624. The fourth-order valence-corrected chi connectivity index (χ4v) is 4.09. The van der Waals surface area contributed by atoms with E-state index in [2.05, 4.69) is 13.8 Å². The molecule has 0 atom stereocenters. The van der Waals surface area contributed by atoms with Crippen LogP contribution >= 0.6 is 0 Å². The second-order valence-corrected chi connectivity index (χ2v) is 7.93. The van der Waals surface area contributed by atoms with Crippen molar-refractivity contribution >= 4 is 15.9 Å². The van der Waals surface area contributed by atoms with Crippen molar-refractivity contribution in [3.8, 4) is 0 Å². The zero-order chi connectivity index (χ0) is 18.3. The van der Waals surface area contributed by atoms with E-state index in [9.17, 15) is 13.2 Å². The molecule has 24 heavy (non-hydrogen) atoms. The third-order valence-corrected chi connectivity index (χ3v) is 6.00. The van der Waals surface area contributed by atoms with Gasteiger partial charge in [0.05, 0.1) is 4.90 Å². The van der Waals surface area contributed by atoms with Gasteiger partial charge in [0, 0.05) is 33.1 Å². The van der Waals surface area contributed by atoms with Gasteiger partial charge in [-0.25, -0.2) is 8.42 Å². The van der Waals surface area contributed by atoms with Crippen LogP contribution < -0.4 is 0 Å². The van der Waals surface area contributed by atoms with Gasteiger partial charge in [-0.1, -0.05) is 39.8 Å². The molecule has 0 unspecified atom stereocenters. The molecule has 0 N–H and O–H groups in total. The first-order chi connectivity index (χ1) is 11.3. The molecule has 1 aliphatic rings. The fourth-order valence-electron chi connectivity index (χ4n) is 2.62. The van der Waals surface area contributed by atoms with Crippen LogP contribution in [0, 0.1) is 0 Å². The summed E-state index contributed by atoms with van der Waals surface area (Å²) in [6.45, 7) is 11.6. The molecular weight excluding hydrogens is 324 g/mol. The molecule has 136 valence electrons. The number of hydrogen-bond donors (Lipinski definition) is 0. The molecule has 0 bridgehead atoms. The monoisotopic (exact) mass is 354 g/mol. The van der Waals surface area contributed by atoms with E-state index >= 15 is 0 Å². The standard InChI is InChI=1S/C16H24N2O3S.C2H6/c1-13(2)15-5-7-16(8-6-15)22(20,21)18-10-4-9-17(11-12-18)14(3)19;1-2/h5-8,13H,4,9-12H2,1-3H3;1-2H3. The van der Waals surface area contributed by atoms with Crippen molar-refractivity contribution in [3.63, 3.8) is 0 Å². The minimum Gasteiger partial charge on any atom is -0.342 e. The molecule has 1 aromatic rings. The fraction of sp³-hybridized carbons (Fsp3) is 0.611. The van der Waals surface area contributed by atoms with Crippen LogP contribution in [0.4, 0.5) is 0 Å². The quantitative estimate of drug-likeness (QED) is 0.838. The maximum atomic E-state index is 12.7. The summed E-state index contributed by atoms with van der Waals surface area (Å²) >= 11 is 0. The lowest BCUT2D eigenvalue weighted by Crippen LogP contribution is -2.36. The van der Waals surface area contributed by atoms with Crippen LogP contribution in [0.15, 0.2) is 29.2 Å². The zero-order valence-corrected chi connectivity index (χ0v) is 16.3. The highest BCUT2D eigenvalue weighted by Gasteiger charge is 2.27. The topological polar surface area (TPSA) is 57.7 Å². The third-order valence-electron chi connectivity index (χ3n) is 4.08. The van der Waals surface area contributed by atoms with Gasteiger partial charge in [0.25, 0.3) is 0 Å². The number of sulfonamides is 1. The van der Waals surface area contributed by atoms with Gasteiger partial charge in [0.15, 0.2) is 0 Å². The first-order valence-electron chi connectivity index (χ1n) is 8.68. The van der Waals surface area contributed by atoms with Crippen LogP contribution in [-0.4, -0.2) is 49.7 Å². The second-order valence-electron chi connectivity index (χ2n) is 5.99.